The van der Waals surface area contributed by atoms with Crippen molar-refractivity contribution in [3.8, 4) is 0 Å². The quantitative estimate of drug-likeness (QED) is 0.337. The summed E-state index contributed by atoms with van der Waals surface area (Å²) in [4.78, 5) is 0. The van der Waals surface area contributed by atoms with Crippen molar-refractivity contribution in [2.45, 2.75) is 66.7 Å². The molecule has 0 radical (unpaired) electrons. The Labute approximate surface area is 144 Å². The molecule has 0 aromatic rings. The van der Waals surface area contributed by atoms with E-state index in [1.807, 2.05) is 6.08 Å². The van der Waals surface area contributed by atoms with Gasteiger partial charge in [0.25, 0.3) is 0 Å². The van der Waals surface area contributed by atoms with Crippen LogP contribution in [0.3, 0.4) is 0 Å². The van der Waals surface area contributed by atoms with Crippen molar-refractivity contribution in [3.63, 3.8) is 0 Å². The van der Waals surface area contributed by atoms with E-state index in [1.165, 1.54) is 36.0 Å². The minimum atomic E-state index is 0.325. The average Bonchev–Trinajstić information content (AvgIpc) is 2.48. The van der Waals surface area contributed by atoms with Gasteiger partial charge < -0.3 is 0 Å². The van der Waals surface area contributed by atoms with E-state index in [0.29, 0.717) is 5.41 Å². The van der Waals surface area contributed by atoms with Crippen LogP contribution in [-0.4, -0.2) is 0 Å². The Balaban J connectivity index is 2.63. The molecule has 0 heterocycles. The molecule has 23 heavy (non-hydrogen) atoms. The smallest absolute Gasteiger partial charge is 0.0104 e. The van der Waals surface area contributed by atoms with Crippen molar-refractivity contribution in [2.24, 2.45) is 5.41 Å². The average molecular weight is 311 g/mol. The molecular weight excluding hydrogens is 276 g/mol. The predicted molar refractivity (Wildman–Crippen MR) is 106 cm³/mol. The van der Waals surface area contributed by atoms with Crippen molar-refractivity contribution in [3.05, 3.63) is 71.4 Å². The minimum Gasteiger partial charge on any atom is -0.103 e. The van der Waals surface area contributed by atoms with Crippen molar-refractivity contribution in [2.75, 3.05) is 0 Å². The van der Waals surface area contributed by atoms with E-state index in [2.05, 4.69) is 77.7 Å². The highest BCUT2D eigenvalue weighted by Crippen LogP contribution is 2.40. The van der Waals surface area contributed by atoms with Crippen LogP contribution in [0.15, 0.2) is 71.4 Å². The van der Waals surface area contributed by atoms with Crippen LogP contribution in [0.5, 0.6) is 0 Å². The predicted octanol–water partition coefficient (Wildman–Crippen LogP) is 7.48. The highest BCUT2D eigenvalue weighted by Gasteiger charge is 2.26. The van der Waals surface area contributed by atoms with Gasteiger partial charge in [0.2, 0.25) is 0 Å². The van der Waals surface area contributed by atoms with E-state index in [-0.39, 0.29) is 0 Å². The number of allylic oxidation sites excluding steroid dienone is 11. The van der Waals surface area contributed by atoms with Gasteiger partial charge in [0.1, 0.15) is 0 Å². The molecule has 126 valence electrons. The maximum atomic E-state index is 3.74. The molecule has 0 aliphatic heterocycles. The summed E-state index contributed by atoms with van der Waals surface area (Å²) in [6.45, 7) is 15.1. The van der Waals surface area contributed by atoms with Crippen molar-refractivity contribution in [1.29, 1.82) is 0 Å². The van der Waals surface area contributed by atoms with Crippen LogP contribution in [0.4, 0.5) is 0 Å². The van der Waals surface area contributed by atoms with Gasteiger partial charge in [0, 0.05) is 0 Å². The molecule has 0 bridgehead atoms. The number of hydrogen-bond donors (Lipinski definition) is 0. The molecule has 1 rings (SSSR count). The first-order valence-electron chi connectivity index (χ1n) is 8.86. The molecule has 0 heteroatoms. The van der Waals surface area contributed by atoms with Gasteiger partial charge in [0.15, 0.2) is 0 Å². The van der Waals surface area contributed by atoms with Crippen LogP contribution in [-0.2, 0) is 0 Å². The van der Waals surface area contributed by atoms with Crippen LogP contribution < -0.4 is 0 Å². The molecule has 0 aromatic carbocycles. The maximum absolute atomic E-state index is 3.74. The fourth-order valence-electron chi connectivity index (χ4n) is 3.14. The number of rotatable bonds is 7. The van der Waals surface area contributed by atoms with Crippen LogP contribution >= 0.6 is 0 Å². The molecule has 0 spiro atoms. The summed E-state index contributed by atoms with van der Waals surface area (Å²) < 4.78 is 0. The summed E-state index contributed by atoms with van der Waals surface area (Å²) in [5.41, 5.74) is 6.07. The molecule has 0 N–H and O–H groups in total. The Hall–Kier alpha value is -1.56. The van der Waals surface area contributed by atoms with Gasteiger partial charge in [-0.2, -0.15) is 0 Å². The van der Waals surface area contributed by atoms with Crippen LogP contribution in [0.2, 0.25) is 0 Å². The normalized spacial score (nSPS) is 19.9. The Bertz CT molecular complexity index is 545. The van der Waals surface area contributed by atoms with Gasteiger partial charge in [0.05, 0.1) is 0 Å². The van der Waals surface area contributed by atoms with Gasteiger partial charge >= 0.3 is 0 Å². The zero-order chi connectivity index (χ0) is 17.3. The molecule has 0 saturated carbocycles. The molecule has 0 amide bonds. The molecule has 0 fully saturated rings. The van der Waals surface area contributed by atoms with E-state index in [1.54, 1.807) is 5.57 Å². The summed E-state index contributed by atoms with van der Waals surface area (Å²) >= 11 is 0. The SMILES string of the molecule is C=CC/C=C(C)/C=C/C/C=C(C)/C=C/C1=C(C)CCCC1(C)C. The standard InChI is InChI=1S/C23H34/c1-7-8-12-19(2)13-9-10-14-20(3)16-17-22-21(4)15-11-18-23(22,5)6/h7,9,12-14,16-17H,1,8,10-11,15,18H2,2-6H3/b13-9+,17-16+,19-12+,20-14+. The monoisotopic (exact) mass is 310 g/mol. The van der Waals surface area contributed by atoms with Crippen LogP contribution in [0.25, 0.3) is 0 Å². The second kappa shape index (κ2) is 9.55. The topological polar surface area (TPSA) is 0 Å². The number of hydrogen-bond acceptors (Lipinski definition) is 0. The van der Waals surface area contributed by atoms with Crippen LogP contribution in [0.1, 0.15) is 66.7 Å². The Morgan fingerprint density at radius 2 is 1.74 bits per heavy atom. The lowest BCUT2D eigenvalue weighted by molar-refractivity contribution is 0.377. The van der Waals surface area contributed by atoms with E-state index in [0.717, 1.165) is 12.8 Å². The second-order valence-electron chi connectivity index (χ2n) is 7.32. The Morgan fingerprint density at radius 1 is 1.09 bits per heavy atom. The summed E-state index contributed by atoms with van der Waals surface area (Å²) in [5.74, 6) is 0. The second-order valence-corrected chi connectivity index (χ2v) is 7.32. The van der Waals surface area contributed by atoms with Crippen molar-refractivity contribution < 1.29 is 0 Å². The van der Waals surface area contributed by atoms with Gasteiger partial charge in [-0.1, -0.05) is 73.1 Å². The van der Waals surface area contributed by atoms with E-state index in [4.69, 9.17) is 0 Å². The molecule has 1 aliphatic rings. The first kappa shape index (κ1) is 19.5. The Kier molecular flexibility index (Phi) is 8.09. The van der Waals surface area contributed by atoms with Crippen molar-refractivity contribution in [1.82, 2.24) is 0 Å². The fraction of sp³-hybridized carbons (Fsp3) is 0.478. The third-order valence-corrected chi connectivity index (χ3v) is 4.62. The molecule has 0 aromatic heterocycles. The van der Waals surface area contributed by atoms with E-state index in [9.17, 15) is 0 Å². The van der Waals surface area contributed by atoms with Crippen LogP contribution in [0, 0.1) is 5.41 Å². The summed E-state index contributed by atoms with van der Waals surface area (Å²) in [5, 5.41) is 0. The molecule has 0 atom stereocenters. The third-order valence-electron chi connectivity index (χ3n) is 4.62. The molecule has 1 aliphatic carbocycles. The van der Waals surface area contributed by atoms with Gasteiger partial charge in [-0.25, -0.2) is 0 Å². The zero-order valence-electron chi connectivity index (χ0n) is 15.8. The lowest BCUT2D eigenvalue weighted by Gasteiger charge is -2.32. The first-order chi connectivity index (χ1) is 10.9. The Morgan fingerprint density at radius 3 is 2.39 bits per heavy atom. The summed E-state index contributed by atoms with van der Waals surface area (Å²) in [7, 11) is 0. The fourth-order valence-corrected chi connectivity index (χ4v) is 3.14. The maximum Gasteiger partial charge on any atom is -0.0104 e. The van der Waals surface area contributed by atoms with Gasteiger partial charge in [-0.15, -0.1) is 6.58 Å². The third kappa shape index (κ3) is 7.03. The molecule has 0 nitrogen and oxygen atoms in total. The zero-order valence-corrected chi connectivity index (χ0v) is 15.8. The first-order valence-corrected chi connectivity index (χ1v) is 8.86. The van der Waals surface area contributed by atoms with E-state index >= 15 is 0 Å². The van der Waals surface area contributed by atoms with E-state index < -0.39 is 0 Å². The highest BCUT2D eigenvalue weighted by molar-refractivity contribution is 5.36. The molecular formula is C23H34. The highest BCUT2D eigenvalue weighted by atomic mass is 14.3. The lowest BCUT2D eigenvalue weighted by Crippen LogP contribution is -2.19. The lowest BCUT2D eigenvalue weighted by atomic mass is 9.72. The minimum absolute atomic E-state index is 0.325. The van der Waals surface area contributed by atoms with Gasteiger partial charge in [-0.3, -0.25) is 0 Å². The van der Waals surface area contributed by atoms with Gasteiger partial charge in [-0.05, 0) is 63.9 Å². The summed E-state index contributed by atoms with van der Waals surface area (Å²) in [6.07, 6.45) is 21.3. The largest absolute Gasteiger partial charge is 0.103 e. The summed E-state index contributed by atoms with van der Waals surface area (Å²) in [6, 6.07) is 0. The molecule has 0 saturated heterocycles. The van der Waals surface area contributed by atoms with Crippen molar-refractivity contribution >= 4 is 0 Å². The molecule has 0 unspecified atom stereocenters.